The zero-order chi connectivity index (χ0) is 15.4. The number of nitrogens with two attached hydrogens (primary N) is 1. The van der Waals surface area contributed by atoms with Crippen LogP contribution in [-0.4, -0.2) is 29.8 Å². The lowest BCUT2D eigenvalue weighted by Crippen LogP contribution is -2.26. The van der Waals surface area contributed by atoms with E-state index in [0.717, 1.165) is 13.0 Å². The fraction of sp³-hybridized carbons (Fsp3) is 0.429. The molecule has 3 N–H and O–H groups in total. The number of carbonyl (C=O) groups is 2. The van der Waals surface area contributed by atoms with Crippen molar-refractivity contribution in [1.29, 1.82) is 0 Å². The van der Waals surface area contributed by atoms with E-state index in [2.05, 4.69) is 5.32 Å². The van der Waals surface area contributed by atoms with Crippen LogP contribution in [0.2, 0.25) is 10.0 Å². The smallest absolute Gasteiger partial charge is 0.224 e. The summed E-state index contributed by atoms with van der Waals surface area (Å²) in [5.41, 5.74) is 6.41. The molecular formula is C14H17Cl2N3O2. The van der Waals surface area contributed by atoms with Gasteiger partial charge < -0.3 is 16.0 Å². The second-order valence-corrected chi connectivity index (χ2v) is 5.81. The van der Waals surface area contributed by atoms with Gasteiger partial charge in [-0.05, 0) is 25.0 Å². The maximum absolute atomic E-state index is 11.9. The summed E-state index contributed by atoms with van der Waals surface area (Å²) < 4.78 is 0. The molecule has 2 rings (SSSR count). The third-order valence-corrected chi connectivity index (χ3v) is 3.93. The molecule has 114 valence electrons. The Morgan fingerprint density at radius 3 is 2.57 bits per heavy atom. The first-order valence-electron chi connectivity index (χ1n) is 6.79. The Morgan fingerprint density at radius 1 is 1.33 bits per heavy atom. The topological polar surface area (TPSA) is 75.4 Å². The van der Waals surface area contributed by atoms with Crippen molar-refractivity contribution in [3.63, 3.8) is 0 Å². The zero-order valence-electron chi connectivity index (χ0n) is 11.5. The molecule has 1 aliphatic heterocycles. The number of hydrogen-bond acceptors (Lipinski definition) is 3. The van der Waals surface area contributed by atoms with E-state index in [1.54, 1.807) is 4.90 Å². The number of nitrogens with one attached hydrogen (secondary N) is 1. The molecular weight excluding hydrogens is 313 g/mol. The first-order valence-corrected chi connectivity index (χ1v) is 7.55. The molecule has 0 unspecified atom stereocenters. The third kappa shape index (κ3) is 4.25. The minimum absolute atomic E-state index is 0.167. The summed E-state index contributed by atoms with van der Waals surface area (Å²) in [6.45, 7) is 1.39. The SMILES string of the molecule is Nc1cc(Cl)c(NC(=O)CCCN2CCCC2=O)c(Cl)c1. The number of nitrogens with zero attached hydrogens (tertiary/aromatic N) is 1. The Balaban J connectivity index is 1.83. The van der Waals surface area contributed by atoms with Gasteiger partial charge in [-0.15, -0.1) is 0 Å². The molecule has 1 aromatic carbocycles. The highest BCUT2D eigenvalue weighted by Gasteiger charge is 2.19. The van der Waals surface area contributed by atoms with E-state index in [0.29, 0.717) is 47.2 Å². The molecule has 5 nitrogen and oxygen atoms in total. The molecule has 1 fully saturated rings. The Bertz CT molecular complexity index is 540. The standard InChI is InChI=1S/C14H17Cl2N3O2/c15-10-7-9(17)8-11(16)14(10)18-12(20)3-1-5-19-6-2-4-13(19)21/h7-8H,1-6,17H2,(H,18,20). The van der Waals surface area contributed by atoms with Crippen LogP contribution >= 0.6 is 23.2 Å². The zero-order valence-corrected chi connectivity index (χ0v) is 13.0. The monoisotopic (exact) mass is 329 g/mol. The molecule has 1 heterocycles. The van der Waals surface area contributed by atoms with Gasteiger partial charge in [0, 0.05) is 31.6 Å². The number of nitrogen functional groups attached to an aromatic ring is 1. The highest BCUT2D eigenvalue weighted by atomic mass is 35.5. The molecule has 0 saturated carbocycles. The number of likely N-dealkylation sites (tertiary alicyclic amines) is 1. The maximum atomic E-state index is 11.9. The minimum atomic E-state index is -0.185. The normalized spacial score (nSPS) is 14.6. The highest BCUT2D eigenvalue weighted by Crippen LogP contribution is 2.32. The van der Waals surface area contributed by atoms with Crippen LogP contribution in [0.25, 0.3) is 0 Å². The van der Waals surface area contributed by atoms with Crippen molar-refractivity contribution in [2.75, 3.05) is 24.1 Å². The number of amides is 2. The van der Waals surface area contributed by atoms with Gasteiger partial charge in [0.1, 0.15) is 0 Å². The molecule has 1 aromatic rings. The van der Waals surface area contributed by atoms with Gasteiger partial charge in [-0.25, -0.2) is 0 Å². The second kappa shape index (κ2) is 7.00. The van der Waals surface area contributed by atoms with Crippen LogP contribution in [0.15, 0.2) is 12.1 Å². The fourth-order valence-corrected chi connectivity index (χ4v) is 2.88. The highest BCUT2D eigenvalue weighted by molar-refractivity contribution is 6.40. The van der Waals surface area contributed by atoms with Crippen molar-refractivity contribution in [3.05, 3.63) is 22.2 Å². The fourth-order valence-electron chi connectivity index (χ4n) is 2.29. The Morgan fingerprint density at radius 2 is 2.00 bits per heavy atom. The molecule has 0 aromatic heterocycles. The van der Waals surface area contributed by atoms with Crippen LogP contribution in [0.5, 0.6) is 0 Å². The van der Waals surface area contributed by atoms with Crippen molar-refractivity contribution in [2.45, 2.75) is 25.7 Å². The van der Waals surface area contributed by atoms with E-state index in [9.17, 15) is 9.59 Å². The molecule has 0 radical (unpaired) electrons. The number of halogens is 2. The lowest BCUT2D eigenvalue weighted by molar-refractivity contribution is -0.128. The molecule has 21 heavy (non-hydrogen) atoms. The minimum Gasteiger partial charge on any atom is -0.399 e. The van der Waals surface area contributed by atoms with Crippen molar-refractivity contribution < 1.29 is 9.59 Å². The molecule has 0 aliphatic carbocycles. The van der Waals surface area contributed by atoms with Gasteiger partial charge in [0.2, 0.25) is 11.8 Å². The van der Waals surface area contributed by atoms with Gasteiger partial charge in [-0.2, -0.15) is 0 Å². The lowest BCUT2D eigenvalue weighted by atomic mass is 10.2. The Kier molecular flexibility index (Phi) is 5.31. The number of rotatable bonds is 5. The van der Waals surface area contributed by atoms with E-state index < -0.39 is 0 Å². The second-order valence-electron chi connectivity index (χ2n) is 5.00. The van der Waals surface area contributed by atoms with Crippen molar-refractivity contribution in [3.8, 4) is 0 Å². The van der Waals surface area contributed by atoms with E-state index in [4.69, 9.17) is 28.9 Å². The van der Waals surface area contributed by atoms with Crippen LogP contribution < -0.4 is 11.1 Å². The predicted octanol–water partition coefficient (Wildman–Crippen LogP) is 2.92. The largest absolute Gasteiger partial charge is 0.399 e. The average molecular weight is 330 g/mol. The van der Waals surface area contributed by atoms with Crippen molar-refractivity contribution >= 4 is 46.4 Å². The molecule has 7 heteroatoms. The summed E-state index contributed by atoms with van der Waals surface area (Å²) in [5, 5.41) is 3.30. The molecule has 2 amide bonds. The Labute approximate surface area is 133 Å². The number of hydrogen-bond donors (Lipinski definition) is 2. The summed E-state index contributed by atoms with van der Waals surface area (Å²) in [5.74, 6) is -0.0183. The van der Waals surface area contributed by atoms with E-state index >= 15 is 0 Å². The summed E-state index contributed by atoms with van der Waals surface area (Å²) >= 11 is 12.0. The van der Waals surface area contributed by atoms with Gasteiger partial charge in [-0.1, -0.05) is 23.2 Å². The van der Waals surface area contributed by atoms with E-state index in [1.807, 2.05) is 0 Å². The predicted molar refractivity (Wildman–Crippen MR) is 84.6 cm³/mol. The van der Waals surface area contributed by atoms with Gasteiger partial charge in [0.15, 0.2) is 0 Å². The van der Waals surface area contributed by atoms with Crippen LogP contribution in [0.1, 0.15) is 25.7 Å². The molecule has 0 bridgehead atoms. The van der Waals surface area contributed by atoms with Crippen LogP contribution in [0.4, 0.5) is 11.4 Å². The van der Waals surface area contributed by atoms with Gasteiger partial charge in [0.25, 0.3) is 0 Å². The number of benzene rings is 1. The lowest BCUT2D eigenvalue weighted by Gasteiger charge is -2.15. The number of anilines is 2. The summed E-state index contributed by atoms with van der Waals surface area (Å²) in [7, 11) is 0. The Hall–Kier alpha value is -1.46. The molecule has 1 saturated heterocycles. The van der Waals surface area contributed by atoms with Crippen LogP contribution in [-0.2, 0) is 9.59 Å². The van der Waals surface area contributed by atoms with Gasteiger partial charge >= 0.3 is 0 Å². The third-order valence-electron chi connectivity index (χ3n) is 3.33. The molecule has 1 aliphatic rings. The van der Waals surface area contributed by atoms with Gasteiger partial charge in [-0.3, -0.25) is 9.59 Å². The number of carbonyl (C=O) groups excluding carboxylic acids is 2. The van der Waals surface area contributed by atoms with Crippen molar-refractivity contribution in [1.82, 2.24) is 4.90 Å². The van der Waals surface area contributed by atoms with Crippen LogP contribution in [0, 0.1) is 0 Å². The first-order chi connectivity index (χ1) is 9.97. The summed E-state index contributed by atoms with van der Waals surface area (Å²) in [6, 6.07) is 3.07. The maximum Gasteiger partial charge on any atom is 0.224 e. The molecule has 0 spiro atoms. The van der Waals surface area contributed by atoms with E-state index in [-0.39, 0.29) is 11.8 Å². The summed E-state index contributed by atoms with van der Waals surface area (Å²) in [6.07, 6.45) is 2.44. The van der Waals surface area contributed by atoms with Gasteiger partial charge in [0.05, 0.1) is 15.7 Å². The van der Waals surface area contributed by atoms with E-state index in [1.165, 1.54) is 12.1 Å². The average Bonchev–Trinajstić information content (AvgIpc) is 2.80. The molecule has 0 atom stereocenters. The first kappa shape index (κ1) is 15.9. The summed E-state index contributed by atoms with van der Waals surface area (Å²) in [4.78, 5) is 25.1. The quantitative estimate of drug-likeness (QED) is 0.815. The van der Waals surface area contributed by atoms with Crippen LogP contribution in [0.3, 0.4) is 0 Å². The van der Waals surface area contributed by atoms with Crippen molar-refractivity contribution in [2.24, 2.45) is 0 Å².